The Morgan fingerprint density at radius 2 is 1.78 bits per heavy atom. The maximum atomic E-state index is 5.25. The number of aryl methyl sites for hydroxylation is 1. The summed E-state index contributed by atoms with van der Waals surface area (Å²) in [5.74, 6) is 0.610. The number of hydrogen-bond acceptors (Lipinski definition) is 2. The maximum absolute atomic E-state index is 5.25. The highest BCUT2D eigenvalue weighted by Crippen LogP contribution is 2.12. The summed E-state index contributed by atoms with van der Waals surface area (Å²) in [4.78, 5) is 0. The van der Waals surface area contributed by atoms with Crippen LogP contribution in [0.2, 0.25) is 0 Å². The normalized spacial score (nSPS) is 11.4. The van der Waals surface area contributed by atoms with Gasteiger partial charge in [0.05, 0.1) is 0 Å². The van der Waals surface area contributed by atoms with Gasteiger partial charge in [-0.1, -0.05) is 51.3 Å². The zero-order valence-corrected chi connectivity index (χ0v) is 15.9. The molecule has 0 aliphatic heterocycles. The van der Waals surface area contributed by atoms with Crippen molar-refractivity contribution in [2.45, 2.75) is 46.5 Å². The summed E-state index contributed by atoms with van der Waals surface area (Å²) in [7, 11) is 0. The molecule has 0 spiro atoms. The van der Waals surface area contributed by atoms with E-state index in [2.05, 4.69) is 35.3 Å². The average molecular weight is 353 g/mol. The molecule has 1 aromatic carbocycles. The van der Waals surface area contributed by atoms with Gasteiger partial charge in [0.1, 0.15) is 0 Å². The third-order valence-electron chi connectivity index (χ3n) is 3.59. The van der Waals surface area contributed by atoms with Gasteiger partial charge in [-0.2, -0.15) is 0 Å². The van der Waals surface area contributed by atoms with Crippen molar-refractivity contribution in [3.8, 4) is 0 Å². The fraction of sp³-hybridized carbons (Fsp3) is 0.529. The minimum absolute atomic E-state index is 0.486. The van der Waals surface area contributed by atoms with Crippen LogP contribution < -0.4 is 21.5 Å². The SMILES string of the molecule is CCCCC[C@@H](C)CNC(=S)NNC(=S)Nc1ccccc1C. The summed E-state index contributed by atoms with van der Waals surface area (Å²) >= 11 is 10.5. The third-order valence-corrected chi connectivity index (χ3v) is 4.04. The first-order valence-corrected chi connectivity index (χ1v) is 9.01. The molecule has 0 saturated carbocycles. The van der Waals surface area contributed by atoms with E-state index in [1.54, 1.807) is 0 Å². The standard InChI is InChI=1S/C17H28N4S2/c1-4-5-6-9-13(2)12-18-16(22)20-21-17(23)19-15-11-8-7-10-14(15)3/h7-8,10-11,13H,4-6,9,12H2,1-3H3,(H2,18,20,22)(H2,19,21,23)/t13-/m1/s1. The Bertz CT molecular complexity index is 505. The molecule has 0 unspecified atom stereocenters. The van der Waals surface area contributed by atoms with Gasteiger partial charge >= 0.3 is 0 Å². The van der Waals surface area contributed by atoms with Gasteiger partial charge in [0, 0.05) is 12.2 Å². The first-order chi connectivity index (χ1) is 11.0. The predicted octanol–water partition coefficient (Wildman–Crippen LogP) is 3.88. The number of para-hydroxylation sites is 1. The second-order valence-electron chi connectivity index (χ2n) is 5.83. The number of thiocarbonyl (C=S) groups is 2. The largest absolute Gasteiger partial charge is 0.361 e. The lowest BCUT2D eigenvalue weighted by molar-refractivity contribution is 0.486. The first-order valence-electron chi connectivity index (χ1n) is 8.19. The number of anilines is 1. The van der Waals surface area contributed by atoms with E-state index < -0.39 is 0 Å². The molecule has 0 saturated heterocycles. The van der Waals surface area contributed by atoms with Crippen LogP contribution in [0, 0.1) is 12.8 Å². The van der Waals surface area contributed by atoms with Crippen molar-refractivity contribution >= 4 is 40.3 Å². The quantitative estimate of drug-likeness (QED) is 0.339. The molecule has 1 atom stereocenters. The van der Waals surface area contributed by atoms with E-state index in [0.29, 0.717) is 16.1 Å². The average Bonchev–Trinajstić information content (AvgIpc) is 2.53. The lowest BCUT2D eigenvalue weighted by Gasteiger charge is -2.17. The summed E-state index contributed by atoms with van der Waals surface area (Å²) in [6.45, 7) is 7.37. The zero-order valence-electron chi connectivity index (χ0n) is 14.2. The summed E-state index contributed by atoms with van der Waals surface area (Å²) < 4.78 is 0. The molecule has 0 aliphatic rings. The van der Waals surface area contributed by atoms with Gasteiger partial charge in [-0.25, -0.2) is 0 Å². The number of hydrazine groups is 1. The van der Waals surface area contributed by atoms with Crippen molar-refractivity contribution in [1.82, 2.24) is 16.2 Å². The Labute approximate surface area is 150 Å². The molecule has 0 radical (unpaired) electrons. The molecule has 1 rings (SSSR count). The highest BCUT2D eigenvalue weighted by Gasteiger charge is 2.04. The van der Waals surface area contributed by atoms with E-state index in [4.69, 9.17) is 24.4 Å². The van der Waals surface area contributed by atoms with Gasteiger partial charge in [0.2, 0.25) is 0 Å². The highest BCUT2D eigenvalue weighted by molar-refractivity contribution is 7.80. The van der Waals surface area contributed by atoms with Crippen molar-refractivity contribution in [3.63, 3.8) is 0 Å². The van der Waals surface area contributed by atoms with Gasteiger partial charge in [-0.3, -0.25) is 10.9 Å². The lowest BCUT2D eigenvalue weighted by Crippen LogP contribution is -2.48. The Hall–Kier alpha value is -1.40. The molecule has 23 heavy (non-hydrogen) atoms. The molecule has 0 aliphatic carbocycles. The van der Waals surface area contributed by atoms with Gasteiger partial charge in [-0.15, -0.1) is 0 Å². The molecule has 0 aromatic heterocycles. The van der Waals surface area contributed by atoms with Crippen LogP contribution in [-0.2, 0) is 0 Å². The summed E-state index contributed by atoms with van der Waals surface area (Å²) in [5, 5.41) is 7.39. The minimum atomic E-state index is 0.486. The number of nitrogens with one attached hydrogen (secondary N) is 4. The van der Waals surface area contributed by atoms with E-state index in [9.17, 15) is 0 Å². The molecule has 4 nitrogen and oxygen atoms in total. The highest BCUT2D eigenvalue weighted by atomic mass is 32.1. The lowest BCUT2D eigenvalue weighted by atomic mass is 10.0. The van der Waals surface area contributed by atoms with E-state index >= 15 is 0 Å². The smallest absolute Gasteiger partial charge is 0.189 e. The van der Waals surface area contributed by atoms with Crippen LogP contribution in [0.1, 0.15) is 45.1 Å². The van der Waals surface area contributed by atoms with Crippen molar-refractivity contribution in [2.75, 3.05) is 11.9 Å². The van der Waals surface area contributed by atoms with Crippen LogP contribution in [0.15, 0.2) is 24.3 Å². The number of rotatable bonds is 7. The van der Waals surface area contributed by atoms with Crippen LogP contribution >= 0.6 is 24.4 Å². The Morgan fingerprint density at radius 3 is 2.48 bits per heavy atom. The minimum Gasteiger partial charge on any atom is -0.361 e. The molecular weight excluding hydrogens is 324 g/mol. The van der Waals surface area contributed by atoms with Crippen LogP contribution in [0.25, 0.3) is 0 Å². The van der Waals surface area contributed by atoms with Crippen molar-refractivity contribution in [1.29, 1.82) is 0 Å². The molecule has 0 amide bonds. The van der Waals surface area contributed by atoms with Gasteiger partial charge in [0.15, 0.2) is 10.2 Å². The zero-order chi connectivity index (χ0) is 17.1. The Balaban J connectivity index is 2.20. The first kappa shape index (κ1) is 19.6. The molecular formula is C17H28N4S2. The Kier molecular flexibility index (Phi) is 9.55. The molecule has 128 valence electrons. The van der Waals surface area contributed by atoms with E-state index in [0.717, 1.165) is 17.8 Å². The maximum Gasteiger partial charge on any atom is 0.189 e. The van der Waals surface area contributed by atoms with Crippen molar-refractivity contribution < 1.29 is 0 Å². The predicted molar refractivity (Wildman–Crippen MR) is 108 cm³/mol. The van der Waals surface area contributed by atoms with E-state index in [1.165, 1.54) is 25.7 Å². The fourth-order valence-corrected chi connectivity index (χ4v) is 2.43. The topological polar surface area (TPSA) is 48.1 Å². The fourth-order valence-electron chi connectivity index (χ4n) is 2.14. The number of benzene rings is 1. The molecule has 6 heteroatoms. The summed E-state index contributed by atoms with van der Waals surface area (Å²) in [6, 6.07) is 7.98. The summed E-state index contributed by atoms with van der Waals surface area (Å²) in [5.41, 5.74) is 7.93. The van der Waals surface area contributed by atoms with Crippen molar-refractivity contribution in [3.05, 3.63) is 29.8 Å². The number of unbranched alkanes of at least 4 members (excludes halogenated alkanes) is 2. The van der Waals surface area contributed by atoms with Gasteiger partial charge in [0.25, 0.3) is 0 Å². The molecule has 0 heterocycles. The summed E-state index contributed by atoms with van der Waals surface area (Å²) in [6.07, 6.45) is 5.06. The molecule has 4 N–H and O–H groups in total. The second kappa shape index (κ2) is 11.2. The number of hydrogen-bond donors (Lipinski definition) is 4. The van der Waals surface area contributed by atoms with Crippen LogP contribution in [0.3, 0.4) is 0 Å². The van der Waals surface area contributed by atoms with Gasteiger partial charge < -0.3 is 10.6 Å². The van der Waals surface area contributed by atoms with E-state index in [1.807, 2.05) is 31.2 Å². The van der Waals surface area contributed by atoms with Crippen LogP contribution in [-0.4, -0.2) is 16.8 Å². The third kappa shape index (κ3) is 8.71. The van der Waals surface area contributed by atoms with E-state index in [-0.39, 0.29) is 0 Å². The second-order valence-corrected chi connectivity index (χ2v) is 6.65. The van der Waals surface area contributed by atoms with Crippen molar-refractivity contribution in [2.24, 2.45) is 5.92 Å². The Morgan fingerprint density at radius 1 is 1.09 bits per heavy atom. The van der Waals surface area contributed by atoms with Gasteiger partial charge in [-0.05, 0) is 55.3 Å². The van der Waals surface area contributed by atoms with Crippen LogP contribution in [0.5, 0.6) is 0 Å². The molecule has 1 aromatic rings. The molecule has 0 fully saturated rings. The monoisotopic (exact) mass is 352 g/mol. The van der Waals surface area contributed by atoms with Crippen LogP contribution in [0.4, 0.5) is 5.69 Å². The molecule has 0 bridgehead atoms.